The molecule has 0 amide bonds. The van der Waals surface area contributed by atoms with E-state index < -0.39 is 5.60 Å². The van der Waals surface area contributed by atoms with E-state index in [1.54, 1.807) is 0 Å². The van der Waals surface area contributed by atoms with Crippen molar-refractivity contribution in [2.45, 2.75) is 25.6 Å². The summed E-state index contributed by atoms with van der Waals surface area (Å²) in [4.78, 5) is 12.6. The quantitative estimate of drug-likeness (QED) is 0.461. The lowest BCUT2D eigenvalue weighted by Crippen LogP contribution is -2.39. The van der Waals surface area contributed by atoms with Gasteiger partial charge in [-0.3, -0.25) is 0 Å². The third-order valence-electron chi connectivity index (χ3n) is 4.87. The lowest BCUT2D eigenvalue weighted by molar-refractivity contribution is -0.174. The molecule has 1 unspecified atom stereocenters. The summed E-state index contributed by atoms with van der Waals surface area (Å²) in [6.45, 7) is 2.23. The van der Waals surface area contributed by atoms with Gasteiger partial charge < -0.3 is 9.47 Å². The topological polar surface area (TPSA) is 35.5 Å². The second-order valence-corrected chi connectivity index (χ2v) is 6.97. The van der Waals surface area contributed by atoms with E-state index in [0.717, 1.165) is 22.3 Å². The van der Waals surface area contributed by atoms with Crippen LogP contribution in [0.25, 0.3) is 11.1 Å². The standard InChI is InChI=1S/C24H23ClO3/c1-3-24(23(26)27-2,21-7-5-4-6-8-21)28-17-18-9-11-19(12-10-18)20-13-15-22(25)16-14-20/h4-16H,3,17H2,1-2H3. The molecule has 0 aliphatic carbocycles. The Morgan fingerprint density at radius 2 is 1.46 bits per heavy atom. The molecule has 3 aromatic rings. The highest BCUT2D eigenvalue weighted by Gasteiger charge is 2.41. The average Bonchev–Trinajstić information content (AvgIpc) is 2.76. The summed E-state index contributed by atoms with van der Waals surface area (Å²) in [5.74, 6) is -0.390. The van der Waals surface area contributed by atoms with E-state index in [0.29, 0.717) is 18.1 Å². The molecule has 0 heterocycles. The molecule has 0 saturated carbocycles. The van der Waals surface area contributed by atoms with E-state index in [1.165, 1.54) is 7.11 Å². The minimum Gasteiger partial charge on any atom is -0.467 e. The second kappa shape index (κ2) is 9.05. The maximum Gasteiger partial charge on any atom is 0.342 e. The summed E-state index contributed by atoms with van der Waals surface area (Å²) in [6.07, 6.45) is 0.479. The van der Waals surface area contributed by atoms with Crippen molar-refractivity contribution in [1.82, 2.24) is 0 Å². The number of carbonyl (C=O) groups excluding carboxylic acids is 1. The molecule has 0 fully saturated rings. The highest BCUT2D eigenvalue weighted by molar-refractivity contribution is 6.30. The summed E-state index contributed by atoms with van der Waals surface area (Å²) < 4.78 is 11.2. The van der Waals surface area contributed by atoms with E-state index in [2.05, 4.69) is 0 Å². The van der Waals surface area contributed by atoms with Gasteiger partial charge in [0.25, 0.3) is 0 Å². The third-order valence-corrected chi connectivity index (χ3v) is 5.12. The van der Waals surface area contributed by atoms with Crippen LogP contribution in [0.15, 0.2) is 78.9 Å². The van der Waals surface area contributed by atoms with Crippen molar-refractivity contribution in [2.75, 3.05) is 7.11 Å². The number of methoxy groups -OCH3 is 1. The molecule has 0 radical (unpaired) electrons. The molecular formula is C24H23ClO3. The average molecular weight is 395 g/mol. The van der Waals surface area contributed by atoms with Crippen LogP contribution < -0.4 is 0 Å². The van der Waals surface area contributed by atoms with Crippen LogP contribution in [0.4, 0.5) is 0 Å². The van der Waals surface area contributed by atoms with Gasteiger partial charge in [0.1, 0.15) is 0 Å². The van der Waals surface area contributed by atoms with Crippen LogP contribution in [0.1, 0.15) is 24.5 Å². The predicted octanol–water partition coefficient (Wildman–Crippen LogP) is 6.00. The molecule has 0 aliphatic rings. The molecule has 0 aromatic heterocycles. The SMILES string of the molecule is CCC(OCc1ccc(-c2ccc(Cl)cc2)cc1)(C(=O)OC)c1ccccc1. The fraction of sp³-hybridized carbons (Fsp3) is 0.208. The van der Waals surface area contributed by atoms with Crippen LogP contribution in [0, 0.1) is 0 Å². The Balaban J connectivity index is 1.80. The summed E-state index contributed by atoms with van der Waals surface area (Å²) in [7, 11) is 1.39. The number of hydrogen-bond acceptors (Lipinski definition) is 3. The van der Waals surface area contributed by atoms with Crippen molar-refractivity contribution >= 4 is 17.6 Å². The fourth-order valence-corrected chi connectivity index (χ4v) is 3.35. The van der Waals surface area contributed by atoms with Gasteiger partial charge in [0.2, 0.25) is 0 Å². The number of benzene rings is 3. The predicted molar refractivity (Wildman–Crippen MR) is 112 cm³/mol. The molecule has 1 atom stereocenters. The van der Waals surface area contributed by atoms with Gasteiger partial charge >= 0.3 is 5.97 Å². The maximum absolute atomic E-state index is 12.6. The molecular weight excluding hydrogens is 372 g/mol. The highest BCUT2D eigenvalue weighted by Crippen LogP contribution is 2.32. The van der Waals surface area contributed by atoms with Crippen LogP contribution in [0.5, 0.6) is 0 Å². The smallest absolute Gasteiger partial charge is 0.342 e. The Kier molecular flexibility index (Phi) is 6.50. The Morgan fingerprint density at radius 3 is 2.00 bits per heavy atom. The summed E-state index contributed by atoms with van der Waals surface area (Å²) >= 11 is 5.96. The van der Waals surface area contributed by atoms with Gasteiger partial charge in [-0.15, -0.1) is 0 Å². The zero-order chi connectivity index (χ0) is 20.0. The van der Waals surface area contributed by atoms with Crippen molar-refractivity contribution in [1.29, 1.82) is 0 Å². The second-order valence-electron chi connectivity index (χ2n) is 6.53. The molecule has 0 spiro atoms. The van der Waals surface area contributed by atoms with E-state index in [4.69, 9.17) is 21.1 Å². The zero-order valence-electron chi connectivity index (χ0n) is 16.0. The fourth-order valence-electron chi connectivity index (χ4n) is 3.23. The Hall–Kier alpha value is -2.62. The molecule has 0 aliphatic heterocycles. The lowest BCUT2D eigenvalue weighted by atomic mass is 9.90. The van der Waals surface area contributed by atoms with E-state index in [-0.39, 0.29) is 5.97 Å². The van der Waals surface area contributed by atoms with Crippen LogP contribution in [-0.4, -0.2) is 13.1 Å². The van der Waals surface area contributed by atoms with Gasteiger partial charge in [-0.05, 0) is 40.8 Å². The number of esters is 1. The van der Waals surface area contributed by atoms with Gasteiger partial charge in [-0.2, -0.15) is 0 Å². The molecule has 28 heavy (non-hydrogen) atoms. The Bertz CT molecular complexity index is 905. The van der Waals surface area contributed by atoms with Crippen LogP contribution in [0.2, 0.25) is 5.02 Å². The molecule has 0 N–H and O–H groups in total. The molecule has 0 saturated heterocycles. The third kappa shape index (κ3) is 4.27. The minimum absolute atomic E-state index is 0.304. The maximum atomic E-state index is 12.6. The number of carbonyl (C=O) groups is 1. The van der Waals surface area contributed by atoms with Crippen molar-refractivity contribution in [3.05, 3.63) is 95.0 Å². The van der Waals surface area contributed by atoms with Crippen LogP contribution in [0.3, 0.4) is 0 Å². The summed E-state index contributed by atoms with van der Waals surface area (Å²) in [5.41, 5.74) is 2.85. The van der Waals surface area contributed by atoms with E-state index in [1.807, 2.05) is 85.8 Å². The van der Waals surface area contributed by atoms with Crippen molar-refractivity contribution < 1.29 is 14.3 Å². The van der Waals surface area contributed by atoms with Crippen LogP contribution >= 0.6 is 11.6 Å². The first-order chi connectivity index (χ1) is 13.6. The largest absolute Gasteiger partial charge is 0.467 e. The van der Waals surface area contributed by atoms with Gasteiger partial charge in [0, 0.05) is 5.02 Å². The molecule has 144 valence electrons. The van der Waals surface area contributed by atoms with Crippen molar-refractivity contribution in [3.63, 3.8) is 0 Å². The van der Waals surface area contributed by atoms with Crippen molar-refractivity contribution in [3.8, 4) is 11.1 Å². The summed E-state index contributed by atoms with van der Waals surface area (Å²) in [6, 6.07) is 25.3. The molecule has 3 rings (SSSR count). The Morgan fingerprint density at radius 1 is 0.893 bits per heavy atom. The van der Waals surface area contributed by atoms with E-state index in [9.17, 15) is 4.79 Å². The van der Waals surface area contributed by atoms with Crippen LogP contribution in [-0.2, 0) is 26.5 Å². The number of hydrogen-bond donors (Lipinski definition) is 0. The Labute approximate surface area is 170 Å². The monoisotopic (exact) mass is 394 g/mol. The molecule has 0 bridgehead atoms. The zero-order valence-corrected chi connectivity index (χ0v) is 16.8. The number of rotatable bonds is 7. The first-order valence-corrected chi connectivity index (χ1v) is 9.59. The summed E-state index contributed by atoms with van der Waals surface area (Å²) in [5, 5.41) is 0.716. The first-order valence-electron chi connectivity index (χ1n) is 9.22. The molecule has 4 heteroatoms. The van der Waals surface area contributed by atoms with Gasteiger partial charge in [-0.25, -0.2) is 4.79 Å². The van der Waals surface area contributed by atoms with E-state index >= 15 is 0 Å². The van der Waals surface area contributed by atoms with Gasteiger partial charge in [0.05, 0.1) is 13.7 Å². The highest BCUT2D eigenvalue weighted by atomic mass is 35.5. The number of halogens is 1. The molecule has 3 aromatic carbocycles. The molecule has 3 nitrogen and oxygen atoms in total. The number of ether oxygens (including phenoxy) is 2. The van der Waals surface area contributed by atoms with Gasteiger partial charge in [0.15, 0.2) is 5.60 Å². The minimum atomic E-state index is -1.12. The van der Waals surface area contributed by atoms with Gasteiger partial charge in [-0.1, -0.05) is 85.3 Å². The first kappa shape index (κ1) is 20.1. The van der Waals surface area contributed by atoms with Crippen molar-refractivity contribution in [2.24, 2.45) is 0 Å². The lowest BCUT2D eigenvalue weighted by Gasteiger charge is -2.30. The normalized spacial score (nSPS) is 13.0.